The second-order valence-electron chi connectivity index (χ2n) is 4.28. The van der Waals surface area contributed by atoms with E-state index in [1.54, 1.807) is 0 Å². The number of rotatable bonds is 3. The predicted molar refractivity (Wildman–Crippen MR) is 69.3 cm³/mol. The summed E-state index contributed by atoms with van der Waals surface area (Å²) in [6.07, 6.45) is 0. The molecule has 0 unspecified atom stereocenters. The van der Waals surface area contributed by atoms with Crippen molar-refractivity contribution in [3.8, 4) is 0 Å². The molecule has 94 valence electrons. The molecule has 0 aliphatic carbocycles. The van der Waals surface area contributed by atoms with Crippen molar-refractivity contribution in [1.82, 2.24) is 15.2 Å². The maximum Gasteiger partial charge on any atom is 0.293 e. The first kappa shape index (κ1) is 12.1. The van der Waals surface area contributed by atoms with Crippen molar-refractivity contribution in [2.75, 3.05) is 11.1 Å². The van der Waals surface area contributed by atoms with Crippen LogP contribution < -0.4 is 11.1 Å². The number of anilines is 2. The first-order valence-electron chi connectivity index (χ1n) is 5.65. The lowest BCUT2D eigenvalue weighted by Crippen LogP contribution is -2.14. The second-order valence-corrected chi connectivity index (χ2v) is 4.28. The van der Waals surface area contributed by atoms with E-state index in [0.717, 1.165) is 11.3 Å². The molecule has 0 fully saturated rings. The number of aromatic amines is 1. The Labute approximate surface area is 105 Å². The smallest absolute Gasteiger partial charge is 0.293 e. The third kappa shape index (κ3) is 2.65. The zero-order valence-corrected chi connectivity index (χ0v) is 10.3. The van der Waals surface area contributed by atoms with E-state index in [1.807, 2.05) is 24.3 Å². The lowest BCUT2D eigenvalue weighted by molar-refractivity contribution is 0.101. The minimum Gasteiger partial charge on any atom is -0.366 e. The fourth-order valence-corrected chi connectivity index (χ4v) is 1.54. The van der Waals surface area contributed by atoms with E-state index >= 15 is 0 Å². The number of nitrogen functional groups attached to an aromatic ring is 1. The van der Waals surface area contributed by atoms with Gasteiger partial charge < -0.3 is 11.1 Å². The monoisotopic (exact) mass is 245 g/mol. The molecule has 0 saturated heterocycles. The summed E-state index contributed by atoms with van der Waals surface area (Å²) in [6.45, 7) is 4.19. The number of carbonyl (C=O) groups excluding carboxylic acids is 1. The van der Waals surface area contributed by atoms with Crippen LogP contribution in [0.3, 0.4) is 0 Å². The van der Waals surface area contributed by atoms with Crippen LogP contribution in [-0.2, 0) is 0 Å². The van der Waals surface area contributed by atoms with Gasteiger partial charge in [0.15, 0.2) is 0 Å². The number of hydrogen-bond donors (Lipinski definition) is 3. The molecule has 1 amide bonds. The van der Waals surface area contributed by atoms with Crippen LogP contribution >= 0.6 is 0 Å². The third-order valence-electron chi connectivity index (χ3n) is 2.53. The number of aromatic nitrogens is 3. The van der Waals surface area contributed by atoms with Gasteiger partial charge in [0.1, 0.15) is 0 Å². The van der Waals surface area contributed by atoms with Crippen molar-refractivity contribution in [2.45, 2.75) is 19.8 Å². The molecule has 1 aromatic heterocycles. The summed E-state index contributed by atoms with van der Waals surface area (Å²) in [7, 11) is 0. The lowest BCUT2D eigenvalue weighted by atomic mass is 10.0. The zero-order chi connectivity index (χ0) is 13.1. The van der Waals surface area contributed by atoms with Crippen molar-refractivity contribution < 1.29 is 4.79 Å². The van der Waals surface area contributed by atoms with E-state index in [2.05, 4.69) is 34.3 Å². The summed E-state index contributed by atoms with van der Waals surface area (Å²) in [6, 6.07) is 7.68. The lowest BCUT2D eigenvalue weighted by Gasteiger charge is -2.08. The van der Waals surface area contributed by atoms with Gasteiger partial charge in [-0.25, -0.2) is 0 Å². The predicted octanol–water partition coefficient (Wildman–Crippen LogP) is 1.76. The number of nitrogens with two attached hydrogens (primary N) is 1. The number of amides is 1. The van der Waals surface area contributed by atoms with E-state index in [-0.39, 0.29) is 17.7 Å². The topological polar surface area (TPSA) is 96.7 Å². The van der Waals surface area contributed by atoms with Crippen LogP contribution in [0.2, 0.25) is 0 Å². The van der Waals surface area contributed by atoms with Crippen molar-refractivity contribution in [3.63, 3.8) is 0 Å². The van der Waals surface area contributed by atoms with Crippen LogP contribution in [0.4, 0.5) is 11.6 Å². The highest BCUT2D eigenvalue weighted by molar-refractivity contribution is 6.01. The van der Waals surface area contributed by atoms with Gasteiger partial charge in [-0.1, -0.05) is 26.0 Å². The number of benzene rings is 1. The maximum absolute atomic E-state index is 11.8. The fraction of sp³-hybridized carbons (Fsp3) is 0.250. The van der Waals surface area contributed by atoms with Gasteiger partial charge in [-0.15, -0.1) is 5.10 Å². The van der Waals surface area contributed by atoms with Gasteiger partial charge in [0.25, 0.3) is 5.91 Å². The summed E-state index contributed by atoms with van der Waals surface area (Å²) in [5.41, 5.74) is 7.22. The summed E-state index contributed by atoms with van der Waals surface area (Å²) < 4.78 is 0. The van der Waals surface area contributed by atoms with Crippen LogP contribution in [0.15, 0.2) is 24.3 Å². The molecule has 0 saturated carbocycles. The van der Waals surface area contributed by atoms with Crippen LogP contribution in [0.5, 0.6) is 0 Å². The van der Waals surface area contributed by atoms with Gasteiger partial charge in [-0.05, 0) is 23.6 Å². The number of H-pyrrole nitrogens is 1. The van der Waals surface area contributed by atoms with Crippen molar-refractivity contribution in [2.24, 2.45) is 0 Å². The minimum absolute atomic E-state index is 0.0519. The Kier molecular flexibility index (Phi) is 3.27. The molecule has 0 spiro atoms. The quantitative estimate of drug-likeness (QED) is 0.767. The molecule has 0 bridgehead atoms. The first-order valence-corrected chi connectivity index (χ1v) is 5.65. The molecular formula is C12H15N5O. The highest BCUT2D eigenvalue weighted by Crippen LogP contribution is 2.18. The third-order valence-corrected chi connectivity index (χ3v) is 2.53. The number of carbonyl (C=O) groups is 1. The number of nitrogens with one attached hydrogen (secondary N) is 2. The standard InChI is InChI=1S/C12H15N5O/c1-7(2)8-4-3-5-9(6-8)14-11(18)10-15-12(13)17-16-10/h3-7H,1-2H3,(H,14,18)(H3,13,15,16,17). The van der Waals surface area contributed by atoms with Gasteiger partial charge in [0.05, 0.1) is 0 Å². The maximum atomic E-state index is 11.8. The van der Waals surface area contributed by atoms with E-state index < -0.39 is 0 Å². The largest absolute Gasteiger partial charge is 0.366 e. The summed E-state index contributed by atoms with van der Waals surface area (Å²) in [5.74, 6) is 0.196. The minimum atomic E-state index is -0.361. The zero-order valence-electron chi connectivity index (χ0n) is 10.3. The molecular weight excluding hydrogens is 230 g/mol. The normalized spacial score (nSPS) is 10.6. The van der Waals surface area contributed by atoms with Crippen LogP contribution in [0.1, 0.15) is 35.9 Å². The summed E-state index contributed by atoms with van der Waals surface area (Å²) in [4.78, 5) is 15.6. The van der Waals surface area contributed by atoms with Crippen LogP contribution in [0.25, 0.3) is 0 Å². The van der Waals surface area contributed by atoms with Gasteiger partial charge in [-0.3, -0.25) is 9.89 Å². The molecule has 0 aliphatic heterocycles. The summed E-state index contributed by atoms with van der Waals surface area (Å²) >= 11 is 0. The molecule has 0 atom stereocenters. The highest BCUT2D eigenvalue weighted by atomic mass is 16.2. The SMILES string of the molecule is CC(C)c1cccc(NC(=O)c2nc(N)n[nH]2)c1. The van der Waals surface area contributed by atoms with E-state index in [0.29, 0.717) is 5.92 Å². The number of nitrogens with zero attached hydrogens (tertiary/aromatic N) is 2. The van der Waals surface area contributed by atoms with E-state index in [4.69, 9.17) is 5.73 Å². The van der Waals surface area contributed by atoms with Crippen LogP contribution in [-0.4, -0.2) is 21.1 Å². The molecule has 6 nitrogen and oxygen atoms in total. The average Bonchev–Trinajstić information content (AvgIpc) is 2.76. The van der Waals surface area contributed by atoms with Gasteiger partial charge in [0.2, 0.25) is 11.8 Å². The molecule has 1 aromatic carbocycles. The molecule has 2 rings (SSSR count). The molecule has 1 heterocycles. The van der Waals surface area contributed by atoms with Crippen molar-refractivity contribution in [3.05, 3.63) is 35.7 Å². The Bertz CT molecular complexity index is 561. The second kappa shape index (κ2) is 4.87. The Morgan fingerprint density at radius 2 is 2.22 bits per heavy atom. The van der Waals surface area contributed by atoms with Crippen LogP contribution in [0, 0.1) is 0 Å². The highest BCUT2D eigenvalue weighted by Gasteiger charge is 2.11. The van der Waals surface area contributed by atoms with E-state index in [1.165, 1.54) is 0 Å². The van der Waals surface area contributed by atoms with Gasteiger partial charge in [0, 0.05) is 5.69 Å². The first-order chi connectivity index (χ1) is 8.56. The molecule has 0 radical (unpaired) electrons. The van der Waals surface area contributed by atoms with Gasteiger partial charge >= 0.3 is 0 Å². The molecule has 2 aromatic rings. The van der Waals surface area contributed by atoms with Crippen molar-refractivity contribution in [1.29, 1.82) is 0 Å². The fourth-order valence-electron chi connectivity index (χ4n) is 1.54. The van der Waals surface area contributed by atoms with Crippen molar-refractivity contribution >= 4 is 17.5 Å². The Hall–Kier alpha value is -2.37. The van der Waals surface area contributed by atoms with Gasteiger partial charge in [-0.2, -0.15) is 4.98 Å². The Morgan fingerprint density at radius 3 is 2.83 bits per heavy atom. The Morgan fingerprint density at radius 1 is 1.44 bits per heavy atom. The molecule has 18 heavy (non-hydrogen) atoms. The Balaban J connectivity index is 2.14. The summed E-state index contributed by atoms with van der Waals surface area (Å²) in [5, 5.41) is 8.81. The van der Waals surface area contributed by atoms with E-state index in [9.17, 15) is 4.79 Å². The molecule has 4 N–H and O–H groups in total. The molecule has 6 heteroatoms. The average molecular weight is 245 g/mol. The molecule has 0 aliphatic rings. The number of hydrogen-bond acceptors (Lipinski definition) is 4.